The molecule has 0 bridgehead atoms. The summed E-state index contributed by atoms with van der Waals surface area (Å²) in [5.41, 5.74) is 3.25. The number of halogens is 5. The van der Waals surface area contributed by atoms with Crippen LogP contribution in [0.1, 0.15) is 118 Å². The number of benzene rings is 1. The van der Waals surface area contributed by atoms with Crippen LogP contribution >= 0.6 is 10.2 Å². The van der Waals surface area contributed by atoms with Crippen LogP contribution in [0.25, 0.3) is 0 Å². The van der Waals surface area contributed by atoms with Crippen molar-refractivity contribution in [2.75, 3.05) is 26.4 Å². The molecule has 1 aliphatic carbocycles. The lowest BCUT2D eigenvalue weighted by Crippen LogP contribution is -2.51. The molecule has 2 atom stereocenters. The molecule has 6 nitrogen and oxygen atoms in total. The number of fused-ring (bicyclic) bond motifs is 4. The van der Waals surface area contributed by atoms with E-state index in [1.165, 1.54) is 4.73 Å². The average Bonchev–Trinajstić information content (AvgIpc) is 3.25. The first-order valence-corrected chi connectivity index (χ1v) is 21.5. The Kier molecular flexibility index (Phi) is 7.92. The van der Waals surface area contributed by atoms with Crippen molar-refractivity contribution in [3.05, 3.63) is 57.9 Å². The van der Waals surface area contributed by atoms with Crippen LogP contribution in [0.15, 0.2) is 29.2 Å². The van der Waals surface area contributed by atoms with Crippen molar-refractivity contribution in [3.8, 4) is 0 Å². The quantitative estimate of drug-likeness (QED) is 0.145. The molecule has 4 aliphatic rings. The van der Waals surface area contributed by atoms with Crippen LogP contribution in [0.2, 0.25) is 18.1 Å². The van der Waals surface area contributed by atoms with E-state index in [4.69, 9.17) is 18.6 Å². The summed E-state index contributed by atoms with van der Waals surface area (Å²) in [6, 6.07) is 3.12. The highest BCUT2D eigenvalue weighted by Gasteiger charge is 2.65. The number of ether oxygens (including phenoxy) is 3. The average molecular weight is 707 g/mol. The predicted octanol–water partition coefficient (Wildman–Crippen LogP) is 9.92. The molecule has 0 saturated carbocycles. The second-order valence-corrected chi connectivity index (χ2v) is 23.5. The number of pyridine rings is 1. The van der Waals surface area contributed by atoms with Gasteiger partial charge in [0.2, 0.25) is 11.4 Å². The first-order chi connectivity index (χ1) is 21.4. The van der Waals surface area contributed by atoms with E-state index in [0.29, 0.717) is 93.9 Å². The molecule has 0 radical (unpaired) electrons. The molecule has 2 unspecified atom stereocenters. The van der Waals surface area contributed by atoms with Gasteiger partial charge in [-0.05, 0) is 60.5 Å². The van der Waals surface area contributed by atoms with Crippen molar-refractivity contribution in [2.45, 2.75) is 120 Å². The van der Waals surface area contributed by atoms with Gasteiger partial charge in [0.25, 0.3) is 0 Å². The number of nitrogens with zero attached hydrogens (tertiary/aromatic N) is 1. The van der Waals surface area contributed by atoms with Crippen molar-refractivity contribution in [2.24, 2.45) is 5.41 Å². The Morgan fingerprint density at radius 3 is 2.04 bits per heavy atom. The van der Waals surface area contributed by atoms with Gasteiger partial charge in [-0.3, -0.25) is 5.21 Å². The maximum Gasteiger partial charge on any atom is 0.310 e. The zero-order valence-electron chi connectivity index (χ0n) is 28.4. The first-order valence-electron chi connectivity index (χ1n) is 16.6. The molecule has 1 N–H and O–H groups in total. The molecule has 6 rings (SSSR count). The van der Waals surface area contributed by atoms with Crippen LogP contribution < -0.4 is 4.73 Å². The zero-order valence-corrected chi connectivity index (χ0v) is 30.3. The first kappa shape index (κ1) is 35.1. The Labute approximate surface area is 275 Å². The summed E-state index contributed by atoms with van der Waals surface area (Å²) in [6.07, 6.45) is 2.36. The monoisotopic (exact) mass is 706 g/mol. The van der Waals surface area contributed by atoms with Gasteiger partial charge in [-0.25, -0.2) is 0 Å². The molecule has 47 heavy (non-hydrogen) atoms. The third-order valence-corrected chi connectivity index (χ3v) is 16.8. The second kappa shape index (κ2) is 10.6. The molecule has 1 aromatic heterocycles. The molecule has 3 aliphatic heterocycles. The Morgan fingerprint density at radius 1 is 0.915 bits per heavy atom. The Bertz CT molecular complexity index is 1550. The highest BCUT2D eigenvalue weighted by atomic mass is 32.5. The van der Waals surface area contributed by atoms with Crippen molar-refractivity contribution in [1.29, 1.82) is 0 Å². The molecule has 1 aromatic carbocycles. The maximum absolute atomic E-state index is 13.8. The summed E-state index contributed by atoms with van der Waals surface area (Å²) in [4.78, 5) is -1.94. The minimum atomic E-state index is -9.89. The van der Waals surface area contributed by atoms with Crippen molar-refractivity contribution < 1.29 is 48.0 Å². The molecule has 13 heteroatoms. The summed E-state index contributed by atoms with van der Waals surface area (Å²) < 4.78 is 95.8. The molecule has 264 valence electrons. The minimum Gasteiger partial charge on any atom is -0.410 e. The van der Waals surface area contributed by atoms with Crippen molar-refractivity contribution in [3.63, 3.8) is 0 Å². The summed E-state index contributed by atoms with van der Waals surface area (Å²) in [5, 5.41) is 12.2. The third kappa shape index (κ3) is 6.37. The van der Waals surface area contributed by atoms with Crippen LogP contribution in [-0.4, -0.2) is 40.0 Å². The van der Waals surface area contributed by atoms with Gasteiger partial charge in [-0.1, -0.05) is 66.2 Å². The smallest absolute Gasteiger partial charge is 0.310 e. The number of hydrogen-bond acceptors (Lipinski definition) is 5. The van der Waals surface area contributed by atoms with E-state index in [9.17, 15) is 24.6 Å². The SMILES string of the molecule is CC1(C)Cc2c(c3c(c(C4CCOCC4)[n+]2O)C(c2ccc(S(F)(F)(F)(F)F)cc2)OC32CCOCC2)C(O[Si](C)(C)C(C)(C)C)C1. The number of rotatable bonds is 5. The summed E-state index contributed by atoms with van der Waals surface area (Å²) in [6.45, 7) is 17.2. The highest BCUT2D eigenvalue weighted by molar-refractivity contribution is 8.45. The van der Waals surface area contributed by atoms with Crippen LogP contribution in [-0.2, 0) is 30.7 Å². The van der Waals surface area contributed by atoms with E-state index in [-0.39, 0.29) is 22.5 Å². The van der Waals surface area contributed by atoms with E-state index in [1.54, 1.807) is 0 Å². The van der Waals surface area contributed by atoms with E-state index in [2.05, 4.69) is 47.7 Å². The van der Waals surface area contributed by atoms with Crippen molar-refractivity contribution in [1.82, 2.24) is 0 Å². The fourth-order valence-electron chi connectivity index (χ4n) is 7.74. The van der Waals surface area contributed by atoms with Gasteiger partial charge >= 0.3 is 10.2 Å². The Hall–Kier alpha value is -1.77. The zero-order chi connectivity index (χ0) is 34.5. The van der Waals surface area contributed by atoms with Gasteiger partial charge in [0.15, 0.2) is 8.32 Å². The lowest BCUT2D eigenvalue weighted by Gasteiger charge is -2.45. The van der Waals surface area contributed by atoms with Crippen molar-refractivity contribution >= 4 is 18.5 Å². The van der Waals surface area contributed by atoms with Crippen LogP contribution in [0.4, 0.5) is 19.4 Å². The molecular weight excluding hydrogens is 658 g/mol. The highest BCUT2D eigenvalue weighted by Crippen LogP contribution is 3.02. The minimum absolute atomic E-state index is 0.0881. The standard InChI is InChI=1S/C34H49F5NO5SSi/c1-32(2,3)47(6,7)45-26-21-33(4,5)20-25-27(26)29-28(30(40(25)41)22-12-16-42-17-13-22)31(44-34(29)14-18-43-19-15-34)23-8-10-24(11-9-23)46(35,36,37,38)39/h8-11,22,26,31,41H,12-21H2,1-7H3/q+1. The molecule has 2 aromatic rings. The second-order valence-electron chi connectivity index (χ2n) is 16.3. The fraction of sp³-hybridized carbons (Fsp3) is 0.676. The molecule has 2 fully saturated rings. The molecule has 0 amide bonds. The normalized spacial score (nSPS) is 26.4. The lowest BCUT2D eigenvalue weighted by atomic mass is 9.69. The fourth-order valence-corrected chi connectivity index (χ4v) is 9.65. The molecule has 1 spiro atoms. The van der Waals surface area contributed by atoms with E-state index in [0.717, 1.165) is 29.0 Å². The van der Waals surface area contributed by atoms with Gasteiger partial charge in [0.1, 0.15) is 11.0 Å². The van der Waals surface area contributed by atoms with Gasteiger partial charge in [0, 0.05) is 56.0 Å². The Morgan fingerprint density at radius 2 is 1.49 bits per heavy atom. The van der Waals surface area contributed by atoms with Crippen LogP contribution in [0.3, 0.4) is 0 Å². The maximum atomic E-state index is 13.8. The van der Waals surface area contributed by atoms with Gasteiger partial charge in [-0.15, -0.1) is 0 Å². The topological polar surface area (TPSA) is 61.0 Å². The van der Waals surface area contributed by atoms with Gasteiger partial charge in [0.05, 0.1) is 28.7 Å². The van der Waals surface area contributed by atoms with Gasteiger partial charge < -0.3 is 18.6 Å². The largest absolute Gasteiger partial charge is 0.410 e. The molecule has 4 heterocycles. The summed E-state index contributed by atoms with van der Waals surface area (Å²) in [5.74, 6) is -0.109. The summed E-state index contributed by atoms with van der Waals surface area (Å²) >= 11 is 0. The van der Waals surface area contributed by atoms with E-state index >= 15 is 0 Å². The number of hydrogen-bond donors (Lipinski definition) is 1. The summed E-state index contributed by atoms with van der Waals surface area (Å²) in [7, 11) is -12.2. The van der Waals surface area contributed by atoms with E-state index in [1.807, 2.05) is 0 Å². The molecule has 2 saturated heterocycles. The van der Waals surface area contributed by atoms with Crippen LogP contribution in [0, 0.1) is 5.41 Å². The predicted molar refractivity (Wildman–Crippen MR) is 172 cm³/mol. The van der Waals surface area contributed by atoms with Gasteiger partial charge in [-0.2, -0.15) is 0 Å². The van der Waals surface area contributed by atoms with Crippen LogP contribution in [0.5, 0.6) is 0 Å². The Balaban J connectivity index is 1.64. The number of aromatic nitrogens is 1. The third-order valence-electron chi connectivity index (χ3n) is 11.2. The van der Waals surface area contributed by atoms with E-state index < -0.39 is 35.1 Å². The molecular formula is C34H49F5NO5SSi+. The lowest BCUT2D eigenvalue weighted by molar-refractivity contribution is -0.916.